The Balaban J connectivity index is 1.71. The number of carbonyl (C=O) groups is 1. The fourth-order valence-corrected chi connectivity index (χ4v) is 3.27. The van der Waals surface area contributed by atoms with Gasteiger partial charge in [-0.15, -0.1) is 10.2 Å². The Morgan fingerprint density at radius 1 is 1.48 bits per heavy atom. The molecule has 1 aliphatic heterocycles. The molecule has 1 aliphatic rings. The second-order valence-electron chi connectivity index (χ2n) is 5.86. The van der Waals surface area contributed by atoms with Crippen molar-refractivity contribution in [2.45, 2.75) is 25.2 Å². The number of amides is 1. The van der Waals surface area contributed by atoms with Gasteiger partial charge in [-0.1, -0.05) is 17.7 Å². The molecule has 2 heterocycles. The number of aryl methyl sites for hydroxylation is 1. The van der Waals surface area contributed by atoms with Crippen LogP contribution in [0.4, 0.5) is 4.39 Å². The molecule has 23 heavy (non-hydrogen) atoms. The maximum absolute atomic E-state index is 13.9. The molecule has 0 N–H and O–H groups in total. The lowest BCUT2D eigenvalue weighted by atomic mass is 9.96. The molecule has 1 aromatic carbocycles. The second-order valence-corrected chi connectivity index (χ2v) is 6.26. The molecule has 122 valence electrons. The average molecular weight is 337 g/mol. The predicted molar refractivity (Wildman–Crippen MR) is 84.7 cm³/mol. The third-order valence-corrected chi connectivity index (χ3v) is 4.63. The van der Waals surface area contributed by atoms with Crippen molar-refractivity contribution in [3.63, 3.8) is 0 Å². The van der Waals surface area contributed by atoms with Crippen LogP contribution in [0.5, 0.6) is 0 Å². The van der Waals surface area contributed by atoms with Crippen LogP contribution in [-0.4, -0.2) is 38.7 Å². The van der Waals surface area contributed by atoms with E-state index < -0.39 is 5.82 Å². The number of benzene rings is 1. The minimum absolute atomic E-state index is 0.0168. The summed E-state index contributed by atoms with van der Waals surface area (Å²) in [4.78, 5) is 14.3. The predicted octanol–water partition coefficient (Wildman–Crippen LogP) is 2.56. The lowest BCUT2D eigenvalue weighted by Crippen LogP contribution is -2.40. The van der Waals surface area contributed by atoms with Crippen molar-refractivity contribution in [1.82, 2.24) is 19.7 Å². The number of likely N-dealkylation sites (tertiary alicyclic amines) is 1. The van der Waals surface area contributed by atoms with E-state index in [1.54, 1.807) is 17.3 Å². The molecule has 1 aromatic heterocycles. The summed E-state index contributed by atoms with van der Waals surface area (Å²) in [7, 11) is 1.90. The van der Waals surface area contributed by atoms with Crippen molar-refractivity contribution in [1.29, 1.82) is 0 Å². The fraction of sp³-hybridized carbons (Fsp3) is 0.438. The number of hydrogen-bond donors (Lipinski definition) is 0. The van der Waals surface area contributed by atoms with Crippen molar-refractivity contribution in [2.75, 3.05) is 13.1 Å². The lowest BCUT2D eigenvalue weighted by molar-refractivity contribution is -0.131. The Labute approximate surface area is 139 Å². The zero-order valence-corrected chi connectivity index (χ0v) is 13.6. The van der Waals surface area contributed by atoms with E-state index in [0.29, 0.717) is 18.1 Å². The number of rotatable bonds is 3. The van der Waals surface area contributed by atoms with E-state index in [2.05, 4.69) is 10.2 Å². The van der Waals surface area contributed by atoms with Gasteiger partial charge in [0.15, 0.2) is 0 Å². The van der Waals surface area contributed by atoms with Crippen LogP contribution >= 0.6 is 11.6 Å². The van der Waals surface area contributed by atoms with Crippen LogP contribution in [0.2, 0.25) is 5.02 Å². The normalized spacial score (nSPS) is 18.2. The van der Waals surface area contributed by atoms with Gasteiger partial charge >= 0.3 is 0 Å². The Morgan fingerprint density at radius 2 is 2.30 bits per heavy atom. The Hall–Kier alpha value is -1.95. The van der Waals surface area contributed by atoms with Crippen molar-refractivity contribution < 1.29 is 9.18 Å². The summed E-state index contributed by atoms with van der Waals surface area (Å²) in [6, 6.07) is 4.47. The Morgan fingerprint density at radius 3 is 3.00 bits per heavy atom. The van der Waals surface area contributed by atoms with Gasteiger partial charge in [-0.05, 0) is 25.0 Å². The number of piperidine rings is 1. The highest BCUT2D eigenvalue weighted by Gasteiger charge is 2.28. The van der Waals surface area contributed by atoms with Crippen molar-refractivity contribution >= 4 is 17.5 Å². The third-order valence-electron chi connectivity index (χ3n) is 4.28. The van der Waals surface area contributed by atoms with Gasteiger partial charge in [0.2, 0.25) is 5.91 Å². The summed E-state index contributed by atoms with van der Waals surface area (Å²) in [6.45, 7) is 1.26. The van der Waals surface area contributed by atoms with Crippen LogP contribution in [0, 0.1) is 5.82 Å². The van der Waals surface area contributed by atoms with Gasteiger partial charge in [-0.2, -0.15) is 0 Å². The largest absolute Gasteiger partial charge is 0.342 e. The van der Waals surface area contributed by atoms with E-state index in [1.165, 1.54) is 12.1 Å². The first-order valence-electron chi connectivity index (χ1n) is 7.61. The van der Waals surface area contributed by atoms with Crippen LogP contribution in [0.3, 0.4) is 0 Å². The summed E-state index contributed by atoms with van der Waals surface area (Å²) >= 11 is 6.01. The van der Waals surface area contributed by atoms with E-state index in [9.17, 15) is 9.18 Å². The minimum atomic E-state index is -0.437. The molecule has 0 radical (unpaired) electrons. The van der Waals surface area contributed by atoms with E-state index in [1.807, 2.05) is 11.6 Å². The van der Waals surface area contributed by atoms with Gasteiger partial charge < -0.3 is 9.47 Å². The second kappa shape index (κ2) is 6.66. The van der Waals surface area contributed by atoms with Crippen LogP contribution in [0.1, 0.15) is 30.1 Å². The molecule has 0 aliphatic carbocycles. The van der Waals surface area contributed by atoms with Gasteiger partial charge in [0, 0.05) is 36.6 Å². The molecular weight excluding hydrogens is 319 g/mol. The fourth-order valence-electron chi connectivity index (χ4n) is 3.04. The van der Waals surface area contributed by atoms with Crippen molar-refractivity contribution in [3.05, 3.63) is 46.8 Å². The molecule has 7 heteroatoms. The number of nitrogens with zero attached hydrogens (tertiary/aromatic N) is 4. The highest BCUT2D eigenvalue weighted by Crippen LogP contribution is 2.26. The van der Waals surface area contributed by atoms with E-state index in [-0.39, 0.29) is 23.8 Å². The van der Waals surface area contributed by atoms with Crippen LogP contribution in [0.15, 0.2) is 24.5 Å². The number of carbonyl (C=O) groups excluding carboxylic acids is 1. The van der Waals surface area contributed by atoms with Crippen LogP contribution in [-0.2, 0) is 18.3 Å². The summed E-state index contributed by atoms with van der Waals surface area (Å²) < 4.78 is 15.7. The van der Waals surface area contributed by atoms with Crippen LogP contribution in [0.25, 0.3) is 0 Å². The zero-order valence-electron chi connectivity index (χ0n) is 12.9. The molecule has 1 amide bonds. The first kappa shape index (κ1) is 15.9. The zero-order chi connectivity index (χ0) is 16.4. The molecule has 1 saturated heterocycles. The molecule has 0 bridgehead atoms. The Kier molecular flexibility index (Phi) is 4.61. The molecule has 5 nitrogen and oxygen atoms in total. The summed E-state index contributed by atoms with van der Waals surface area (Å²) in [6.07, 6.45) is 3.51. The van der Waals surface area contributed by atoms with Gasteiger partial charge in [-0.25, -0.2) is 4.39 Å². The molecule has 3 rings (SSSR count). The van der Waals surface area contributed by atoms with Crippen molar-refractivity contribution in [3.8, 4) is 0 Å². The first-order valence-corrected chi connectivity index (χ1v) is 7.98. The van der Waals surface area contributed by atoms with Crippen LogP contribution < -0.4 is 0 Å². The molecule has 1 unspecified atom stereocenters. The van der Waals surface area contributed by atoms with Gasteiger partial charge in [0.05, 0.1) is 6.42 Å². The van der Waals surface area contributed by atoms with E-state index >= 15 is 0 Å². The average Bonchev–Trinajstić information content (AvgIpc) is 2.97. The van der Waals surface area contributed by atoms with Gasteiger partial charge in [-0.3, -0.25) is 4.79 Å². The number of hydrogen-bond acceptors (Lipinski definition) is 3. The lowest BCUT2D eigenvalue weighted by Gasteiger charge is -2.32. The highest BCUT2D eigenvalue weighted by molar-refractivity contribution is 6.31. The van der Waals surface area contributed by atoms with E-state index in [4.69, 9.17) is 11.6 Å². The maximum atomic E-state index is 13.9. The summed E-state index contributed by atoms with van der Waals surface area (Å²) in [5.74, 6) is 0.499. The topological polar surface area (TPSA) is 51.0 Å². The quantitative estimate of drug-likeness (QED) is 0.865. The van der Waals surface area contributed by atoms with Gasteiger partial charge in [0.25, 0.3) is 0 Å². The number of halogens is 2. The monoisotopic (exact) mass is 336 g/mol. The third kappa shape index (κ3) is 3.37. The molecule has 2 aromatic rings. The molecule has 1 atom stereocenters. The smallest absolute Gasteiger partial charge is 0.227 e. The molecule has 0 saturated carbocycles. The Bertz CT molecular complexity index is 698. The molecule has 1 fully saturated rings. The van der Waals surface area contributed by atoms with Crippen molar-refractivity contribution in [2.24, 2.45) is 7.05 Å². The standard InChI is InChI=1S/C16H18ClFN4O/c1-21-10-19-20-16(21)11-4-3-7-22(9-11)15(23)8-12-13(17)5-2-6-14(12)18/h2,5-6,10-11H,3-4,7-9H2,1H3. The summed E-state index contributed by atoms with van der Waals surface area (Å²) in [5, 5.41) is 8.33. The first-order chi connectivity index (χ1) is 11.1. The van der Waals surface area contributed by atoms with E-state index in [0.717, 1.165) is 18.7 Å². The van der Waals surface area contributed by atoms with Gasteiger partial charge in [0.1, 0.15) is 18.0 Å². The molecular formula is C16H18ClFN4O. The SMILES string of the molecule is Cn1cnnc1C1CCCN(C(=O)Cc2c(F)cccc2Cl)C1. The molecule has 0 spiro atoms. The number of aromatic nitrogens is 3. The highest BCUT2D eigenvalue weighted by atomic mass is 35.5. The summed E-state index contributed by atoms with van der Waals surface area (Å²) in [5.41, 5.74) is 0.264. The maximum Gasteiger partial charge on any atom is 0.227 e. The minimum Gasteiger partial charge on any atom is -0.342 e.